The number of carbonyl (C=O) groups is 1. The summed E-state index contributed by atoms with van der Waals surface area (Å²) in [5, 5.41) is 13.3. The second-order valence-corrected chi connectivity index (χ2v) is 3.87. The normalized spacial score (nSPS) is 13.8. The lowest BCUT2D eigenvalue weighted by Gasteiger charge is -2.24. The zero-order valence-electron chi connectivity index (χ0n) is 9.65. The van der Waals surface area contributed by atoms with Crippen molar-refractivity contribution in [2.45, 2.75) is 12.5 Å². The molecule has 0 aliphatic carbocycles. The molecule has 0 fully saturated rings. The van der Waals surface area contributed by atoms with Gasteiger partial charge in [-0.3, -0.25) is 9.78 Å². The van der Waals surface area contributed by atoms with E-state index in [-0.39, 0.29) is 5.69 Å². The summed E-state index contributed by atoms with van der Waals surface area (Å²) in [6, 6.07) is 7.61. The van der Waals surface area contributed by atoms with Crippen LogP contribution in [0.3, 0.4) is 0 Å². The summed E-state index contributed by atoms with van der Waals surface area (Å²) in [7, 11) is 0. The molecule has 92 valence electrons. The van der Waals surface area contributed by atoms with Crippen molar-refractivity contribution in [2.24, 2.45) is 0 Å². The number of aromatic nitrogens is 3. The lowest BCUT2D eigenvalue weighted by Crippen LogP contribution is -2.47. The predicted octanol–water partition coefficient (Wildman–Crippen LogP) is 0.486. The molecule has 0 saturated heterocycles. The Hall–Kier alpha value is -2.50. The van der Waals surface area contributed by atoms with Gasteiger partial charge in [0.05, 0.1) is 5.69 Å². The van der Waals surface area contributed by atoms with E-state index >= 15 is 0 Å². The highest BCUT2D eigenvalue weighted by molar-refractivity contribution is 5.79. The number of carboxylic acid groups (broad SMARTS) is 1. The summed E-state index contributed by atoms with van der Waals surface area (Å²) in [5.74, 6) is -1.19. The van der Waals surface area contributed by atoms with Gasteiger partial charge in [0.15, 0.2) is 0 Å². The number of aliphatic carboxylic acids is 1. The largest absolute Gasteiger partial charge is 0.479 e. The Morgan fingerprint density at radius 1 is 1.28 bits per heavy atom. The number of hydrogen-bond donors (Lipinski definition) is 1. The first-order valence-corrected chi connectivity index (χ1v) is 5.26. The molecule has 0 spiro atoms. The van der Waals surface area contributed by atoms with Crippen molar-refractivity contribution in [1.82, 2.24) is 14.8 Å². The van der Waals surface area contributed by atoms with Crippen molar-refractivity contribution in [3.05, 3.63) is 58.8 Å². The van der Waals surface area contributed by atoms with Gasteiger partial charge in [0.25, 0.3) is 5.56 Å². The van der Waals surface area contributed by atoms with Gasteiger partial charge >= 0.3 is 5.97 Å². The smallest absolute Gasteiger partial charge is 0.337 e. The number of hydrogen-bond acceptors (Lipinski definition) is 4. The molecular weight excluding hydrogens is 234 g/mol. The maximum atomic E-state index is 11.8. The fraction of sp³-hybridized carbons (Fsp3) is 0.167. The average Bonchev–Trinajstić information content (AvgIpc) is 2.39. The standard InChI is InChI=1S/C12H11N3O3/c1-12(11(17)18,9-5-2-3-7-13-9)15-10(16)6-4-8-14-15/h2-8H,1H3,(H,17,18). The predicted molar refractivity (Wildman–Crippen MR) is 63.1 cm³/mol. The summed E-state index contributed by atoms with van der Waals surface area (Å²) in [6.07, 6.45) is 2.84. The Bertz CT molecular complexity index is 624. The molecule has 1 atom stereocenters. The Morgan fingerprint density at radius 2 is 2.06 bits per heavy atom. The van der Waals surface area contributed by atoms with Crippen LogP contribution in [0.5, 0.6) is 0 Å². The first-order chi connectivity index (χ1) is 8.56. The van der Waals surface area contributed by atoms with E-state index in [1.54, 1.807) is 18.2 Å². The maximum Gasteiger partial charge on any atom is 0.337 e. The molecule has 0 aliphatic heterocycles. The molecule has 18 heavy (non-hydrogen) atoms. The van der Waals surface area contributed by atoms with E-state index in [0.717, 1.165) is 4.68 Å². The summed E-state index contributed by atoms with van der Waals surface area (Å²) in [5.41, 5.74) is -1.87. The highest BCUT2D eigenvalue weighted by Gasteiger charge is 2.40. The highest BCUT2D eigenvalue weighted by atomic mass is 16.4. The summed E-state index contributed by atoms with van der Waals surface area (Å²) in [6.45, 7) is 1.39. The molecule has 1 N–H and O–H groups in total. The van der Waals surface area contributed by atoms with Gasteiger partial charge in [-0.15, -0.1) is 0 Å². The van der Waals surface area contributed by atoms with E-state index in [0.29, 0.717) is 0 Å². The van der Waals surface area contributed by atoms with Crippen LogP contribution in [0, 0.1) is 0 Å². The Balaban J connectivity index is 2.71. The van der Waals surface area contributed by atoms with E-state index in [4.69, 9.17) is 0 Å². The zero-order valence-corrected chi connectivity index (χ0v) is 9.65. The third-order valence-corrected chi connectivity index (χ3v) is 2.72. The quantitative estimate of drug-likeness (QED) is 0.850. The minimum Gasteiger partial charge on any atom is -0.479 e. The van der Waals surface area contributed by atoms with Gasteiger partial charge in [-0.2, -0.15) is 5.10 Å². The Morgan fingerprint density at radius 3 is 2.61 bits per heavy atom. The van der Waals surface area contributed by atoms with Gasteiger partial charge < -0.3 is 5.11 Å². The number of rotatable bonds is 3. The molecular formula is C12H11N3O3. The fourth-order valence-electron chi connectivity index (χ4n) is 1.65. The first-order valence-electron chi connectivity index (χ1n) is 5.26. The van der Waals surface area contributed by atoms with Crippen LogP contribution in [0.2, 0.25) is 0 Å². The minimum atomic E-state index is -1.63. The molecule has 6 nitrogen and oxygen atoms in total. The summed E-state index contributed by atoms with van der Waals surface area (Å²) < 4.78 is 0.914. The van der Waals surface area contributed by atoms with Crippen LogP contribution in [0.1, 0.15) is 12.6 Å². The van der Waals surface area contributed by atoms with E-state index < -0.39 is 17.1 Å². The molecule has 1 unspecified atom stereocenters. The average molecular weight is 245 g/mol. The molecule has 2 rings (SSSR count). The summed E-state index contributed by atoms with van der Waals surface area (Å²) in [4.78, 5) is 27.3. The number of pyridine rings is 1. The van der Waals surface area contributed by atoms with Crippen molar-refractivity contribution in [2.75, 3.05) is 0 Å². The monoisotopic (exact) mass is 245 g/mol. The SMILES string of the molecule is CC(C(=O)O)(c1ccccn1)n1ncccc1=O. The van der Waals surface area contributed by atoms with Crippen molar-refractivity contribution in [1.29, 1.82) is 0 Å². The lowest BCUT2D eigenvalue weighted by atomic mass is 9.97. The Kier molecular flexibility index (Phi) is 2.93. The van der Waals surface area contributed by atoms with E-state index in [1.165, 1.54) is 31.5 Å². The lowest BCUT2D eigenvalue weighted by molar-refractivity contribution is -0.145. The van der Waals surface area contributed by atoms with Crippen LogP contribution < -0.4 is 5.56 Å². The van der Waals surface area contributed by atoms with Gasteiger partial charge in [-0.25, -0.2) is 9.48 Å². The minimum absolute atomic E-state index is 0.248. The van der Waals surface area contributed by atoms with Crippen molar-refractivity contribution >= 4 is 5.97 Å². The van der Waals surface area contributed by atoms with Crippen molar-refractivity contribution in [3.8, 4) is 0 Å². The van der Waals surface area contributed by atoms with Gasteiger partial charge in [-0.1, -0.05) is 6.07 Å². The van der Waals surface area contributed by atoms with E-state index in [1.807, 2.05) is 0 Å². The topological polar surface area (TPSA) is 85.1 Å². The number of carboxylic acids is 1. The second-order valence-electron chi connectivity index (χ2n) is 3.87. The third kappa shape index (κ3) is 1.77. The van der Waals surface area contributed by atoms with Gasteiger partial charge in [0, 0.05) is 18.5 Å². The van der Waals surface area contributed by atoms with Crippen LogP contribution in [-0.2, 0) is 10.3 Å². The molecule has 6 heteroatoms. The van der Waals surface area contributed by atoms with Crippen LogP contribution in [0.4, 0.5) is 0 Å². The van der Waals surface area contributed by atoms with Crippen LogP contribution in [-0.4, -0.2) is 25.8 Å². The van der Waals surface area contributed by atoms with Gasteiger partial charge in [-0.05, 0) is 25.1 Å². The second kappa shape index (κ2) is 4.40. The van der Waals surface area contributed by atoms with Gasteiger partial charge in [0.1, 0.15) is 0 Å². The van der Waals surface area contributed by atoms with E-state index in [9.17, 15) is 14.7 Å². The van der Waals surface area contributed by atoms with E-state index in [2.05, 4.69) is 10.1 Å². The number of nitrogens with zero attached hydrogens (tertiary/aromatic N) is 3. The Labute approximate surface area is 103 Å². The van der Waals surface area contributed by atoms with Crippen LogP contribution in [0.15, 0.2) is 47.5 Å². The molecule has 0 amide bonds. The molecule has 0 aliphatic rings. The molecule has 0 bridgehead atoms. The maximum absolute atomic E-state index is 11.8. The van der Waals surface area contributed by atoms with Crippen LogP contribution in [0.25, 0.3) is 0 Å². The molecule has 0 saturated carbocycles. The third-order valence-electron chi connectivity index (χ3n) is 2.72. The summed E-state index contributed by atoms with van der Waals surface area (Å²) >= 11 is 0. The molecule has 0 aromatic carbocycles. The first kappa shape index (κ1) is 12.0. The fourth-order valence-corrected chi connectivity index (χ4v) is 1.65. The molecule has 2 heterocycles. The van der Waals surface area contributed by atoms with Crippen molar-refractivity contribution < 1.29 is 9.90 Å². The molecule has 0 radical (unpaired) electrons. The molecule has 2 aromatic heterocycles. The molecule has 2 aromatic rings. The zero-order chi connectivity index (χ0) is 13.2. The van der Waals surface area contributed by atoms with Crippen molar-refractivity contribution in [3.63, 3.8) is 0 Å². The van der Waals surface area contributed by atoms with Crippen LogP contribution >= 0.6 is 0 Å². The van der Waals surface area contributed by atoms with Gasteiger partial charge in [0.2, 0.25) is 5.54 Å². The highest BCUT2D eigenvalue weighted by Crippen LogP contribution is 2.21.